The molecule has 0 aromatic heterocycles. The summed E-state index contributed by atoms with van der Waals surface area (Å²) < 4.78 is 20.6. The lowest BCUT2D eigenvalue weighted by Crippen LogP contribution is -2.76. The second-order valence-corrected chi connectivity index (χ2v) is 7.39. The summed E-state index contributed by atoms with van der Waals surface area (Å²) in [6, 6.07) is 3.54. The Bertz CT molecular complexity index is 686. The van der Waals surface area contributed by atoms with Gasteiger partial charge in [0.15, 0.2) is 11.5 Å². The Hall–Kier alpha value is -1.04. The number of alkyl halides is 1. The highest BCUT2D eigenvalue weighted by molar-refractivity contribution is 5.85. The highest BCUT2D eigenvalue weighted by Gasteiger charge is 2.72. The second-order valence-electron chi connectivity index (χ2n) is 7.39. The van der Waals surface area contributed by atoms with E-state index in [1.165, 1.54) is 0 Å². The molecule has 4 nitrogen and oxygen atoms in total. The molecule has 1 saturated heterocycles. The van der Waals surface area contributed by atoms with Gasteiger partial charge in [-0.15, -0.1) is 12.4 Å². The molecule has 5 rings (SSSR count). The first-order chi connectivity index (χ1) is 10.5. The Morgan fingerprint density at radius 3 is 2.91 bits per heavy atom. The van der Waals surface area contributed by atoms with Crippen LogP contribution in [0.3, 0.4) is 0 Å². The molecule has 2 unspecified atom stereocenters. The fourth-order valence-electron chi connectivity index (χ4n) is 5.69. The Labute approximate surface area is 140 Å². The average Bonchev–Trinajstić information content (AvgIpc) is 2.85. The molecule has 1 spiro atoms. The van der Waals surface area contributed by atoms with Crippen LogP contribution in [0.4, 0.5) is 4.39 Å². The van der Waals surface area contributed by atoms with Crippen molar-refractivity contribution in [1.29, 1.82) is 0 Å². The van der Waals surface area contributed by atoms with Gasteiger partial charge < -0.3 is 19.8 Å². The van der Waals surface area contributed by atoms with Gasteiger partial charge in [0.2, 0.25) is 0 Å². The van der Waals surface area contributed by atoms with E-state index in [2.05, 4.69) is 4.90 Å². The third-order valence-corrected chi connectivity index (χ3v) is 6.66. The number of ether oxygens (including phenoxy) is 1. The van der Waals surface area contributed by atoms with Crippen LogP contribution in [0.25, 0.3) is 0 Å². The van der Waals surface area contributed by atoms with Gasteiger partial charge in [0.25, 0.3) is 0 Å². The van der Waals surface area contributed by atoms with Gasteiger partial charge in [0.1, 0.15) is 12.3 Å². The third-order valence-electron chi connectivity index (χ3n) is 6.66. The first-order valence-electron chi connectivity index (χ1n) is 8.08. The van der Waals surface area contributed by atoms with Crippen LogP contribution in [0.5, 0.6) is 11.5 Å². The second kappa shape index (κ2) is 4.52. The van der Waals surface area contributed by atoms with Crippen LogP contribution in [-0.2, 0) is 11.8 Å². The molecular weight excluding hydrogens is 321 g/mol. The quantitative estimate of drug-likeness (QED) is 0.757. The van der Waals surface area contributed by atoms with E-state index in [9.17, 15) is 14.6 Å². The van der Waals surface area contributed by atoms with E-state index < -0.39 is 23.3 Å². The average molecular weight is 342 g/mol. The topological polar surface area (TPSA) is 52.9 Å². The van der Waals surface area contributed by atoms with Crippen molar-refractivity contribution in [2.75, 3.05) is 13.6 Å². The van der Waals surface area contributed by atoms with Crippen LogP contribution < -0.4 is 4.74 Å². The van der Waals surface area contributed by atoms with E-state index in [1.807, 2.05) is 13.1 Å². The molecule has 0 amide bonds. The molecule has 126 valence electrons. The van der Waals surface area contributed by atoms with Crippen molar-refractivity contribution in [1.82, 2.24) is 4.90 Å². The van der Waals surface area contributed by atoms with Crippen molar-refractivity contribution in [3.63, 3.8) is 0 Å². The van der Waals surface area contributed by atoms with Gasteiger partial charge in [0, 0.05) is 11.6 Å². The Morgan fingerprint density at radius 2 is 2.13 bits per heavy atom. The molecule has 2 bridgehead atoms. The minimum Gasteiger partial charge on any atom is -0.504 e. The van der Waals surface area contributed by atoms with Gasteiger partial charge in [-0.05, 0) is 50.9 Å². The minimum atomic E-state index is -1.10. The molecule has 4 aliphatic rings. The van der Waals surface area contributed by atoms with Crippen LogP contribution in [0.15, 0.2) is 12.1 Å². The SMILES string of the molecule is CN1CC[C@]23c4c5ccc(O)c4OC2C(F)CC[C@@]3(O)[C@H]1C5.Cl. The fraction of sp³-hybridized carbons (Fsp3) is 0.647. The highest BCUT2D eigenvalue weighted by Crippen LogP contribution is 2.65. The number of nitrogens with zero attached hydrogens (tertiary/aromatic N) is 1. The Morgan fingerprint density at radius 1 is 1.35 bits per heavy atom. The summed E-state index contributed by atoms with van der Waals surface area (Å²) in [6.07, 6.45) is 0.400. The number of benzene rings is 1. The molecule has 5 atom stereocenters. The largest absolute Gasteiger partial charge is 0.504 e. The van der Waals surface area contributed by atoms with Gasteiger partial charge in [-0.1, -0.05) is 6.07 Å². The van der Waals surface area contributed by atoms with Crippen molar-refractivity contribution >= 4 is 12.4 Å². The number of halogens is 2. The molecule has 1 saturated carbocycles. The maximum absolute atomic E-state index is 14.7. The summed E-state index contributed by atoms with van der Waals surface area (Å²) >= 11 is 0. The number of aliphatic hydroxyl groups is 1. The van der Waals surface area contributed by atoms with Crippen molar-refractivity contribution in [3.05, 3.63) is 23.3 Å². The van der Waals surface area contributed by atoms with E-state index in [4.69, 9.17) is 4.74 Å². The van der Waals surface area contributed by atoms with Crippen LogP contribution in [0.2, 0.25) is 0 Å². The van der Waals surface area contributed by atoms with E-state index in [1.54, 1.807) is 6.07 Å². The summed E-state index contributed by atoms with van der Waals surface area (Å²) in [5, 5.41) is 21.8. The minimum absolute atomic E-state index is 0. The molecule has 2 aliphatic carbocycles. The van der Waals surface area contributed by atoms with E-state index >= 15 is 0 Å². The Balaban J connectivity index is 0.00000135. The number of phenols is 1. The zero-order valence-corrected chi connectivity index (χ0v) is 13.8. The van der Waals surface area contributed by atoms with Crippen LogP contribution in [0, 0.1) is 0 Å². The molecule has 0 radical (unpaired) electrons. The van der Waals surface area contributed by atoms with E-state index in [0.29, 0.717) is 25.0 Å². The Kier molecular flexibility index (Phi) is 3.05. The first-order valence-corrected chi connectivity index (χ1v) is 8.08. The molecule has 6 heteroatoms. The zero-order valence-electron chi connectivity index (χ0n) is 13.0. The predicted molar refractivity (Wildman–Crippen MR) is 85.3 cm³/mol. The number of phenolic OH excluding ortho intramolecular Hbond substituents is 1. The van der Waals surface area contributed by atoms with Crippen LogP contribution >= 0.6 is 12.4 Å². The summed E-state index contributed by atoms with van der Waals surface area (Å²) in [6.45, 7) is 0.814. The first kappa shape index (κ1) is 15.5. The maximum Gasteiger partial charge on any atom is 0.165 e. The predicted octanol–water partition coefficient (Wildman–Crippen LogP) is 1.94. The fourth-order valence-corrected chi connectivity index (χ4v) is 5.69. The molecule has 23 heavy (non-hydrogen) atoms. The maximum atomic E-state index is 14.7. The smallest absolute Gasteiger partial charge is 0.165 e. The summed E-state index contributed by atoms with van der Waals surface area (Å²) in [4.78, 5) is 2.20. The third kappa shape index (κ3) is 1.50. The number of piperidine rings is 1. The van der Waals surface area contributed by atoms with Gasteiger partial charge >= 0.3 is 0 Å². The lowest BCUT2D eigenvalue weighted by atomic mass is 9.49. The highest BCUT2D eigenvalue weighted by atomic mass is 35.5. The van der Waals surface area contributed by atoms with Gasteiger partial charge in [-0.3, -0.25) is 0 Å². The van der Waals surface area contributed by atoms with Crippen molar-refractivity contribution in [3.8, 4) is 11.5 Å². The van der Waals surface area contributed by atoms with Crippen LogP contribution in [0.1, 0.15) is 30.4 Å². The number of likely N-dealkylation sites (N-methyl/N-ethyl adjacent to an activating group) is 1. The molecule has 2 fully saturated rings. The van der Waals surface area contributed by atoms with Crippen molar-refractivity contribution in [2.24, 2.45) is 0 Å². The number of hydrogen-bond donors (Lipinski definition) is 2. The molecular formula is C17H21ClFNO3. The normalized spacial score (nSPS) is 43.3. The van der Waals surface area contributed by atoms with Gasteiger partial charge in [-0.2, -0.15) is 0 Å². The summed E-state index contributed by atoms with van der Waals surface area (Å²) in [7, 11) is 2.04. The standard InChI is InChI=1S/C17H20FNO3.ClH/c1-19-7-6-16-13-9-2-3-11(20)14(13)22-15(16)10(18)4-5-17(16,21)12(19)8-9;/h2-3,10,12,15,20-21H,4-8H2,1H3;1H/t10?,12-,15?,16+,17-;/m1./s1. The summed E-state index contributed by atoms with van der Waals surface area (Å²) in [5.74, 6) is 0.475. The number of likely N-dealkylation sites (tertiary alicyclic amines) is 1. The molecule has 2 heterocycles. The monoisotopic (exact) mass is 341 g/mol. The molecule has 2 N–H and O–H groups in total. The number of rotatable bonds is 0. The van der Waals surface area contributed by atoms with Gasteiger partial charge in [-0.25, -0.2) is 4.39 Å². The number of hydrogen-bond acceptors (Lipinski definition) is 4. The lowest BCUT2D eigenvalue weighted by molar-refractivity contribution is -0.195. The summed E-state index contributed by atoms with van der Waals surface area (Å²) in [5.41, 5.74) is 0.292. The zero-order chi connectivity index (χ0) is 15.3. The number of aromatic hydroxyl groups is 1. The molecule has 2 aliphatic heterocycles. The van der Waals surface area contributed by atoms with Gasteiger partial charge in [0.05, 0.1) is 11.0 Å². The van der Waals surface area contributed by atoms with Crippen LogP contribution in [-0.4, -0.2) is 52.6 Å². The molecule has 1 aromatic carbocycles. The lowest BCUT2D eigenvalue weighted by Gasteiger charge is -2.62. The van der Waals surface area contributed by atoms with E-state index in [-0.39, 0.29) is 24.2 Å². The van der Waals surface area contributed by atoms with Crippen molar-refractivity contribution < 1.29 is 19.3 Å². The molecule has 1 aromatic rings. The van der Waals surface area contributed by atoms with Crippen molar-refractivity contribution in [2.45, 2.75) is 55.0 Å². The van der Waals surface area contributed by atoms with E-state index in [0.717, 1.165) is 24.1 Å².